The third-order valence-corrected chi connectivity index (χ3v) is 7.39. The van der Waals surface area contributed by atoms with Crippen LogP contribution in [0, 0.1) is 23.5 Å². The molecule has 1 saturated carbocycles. The zero-order valence-corrected chi connectivity index (χ0v) is 15.0. The lowest BCUT2D eigenvalue weighted by Gasteiger charge is -2.31. The molecule has 0 spiro atoms. The average Bonchev–Trinajstić information content (AvgIpc) is 3.24. The maximum Gasteiger partial charge on any atom is 0.226 e. The maximum absolute atomic E-state index is 14.2. The number of hydrogen-bond donors (Lipinski definition) is 1. The summed E-state index contributed by atoms with van der Waals surface area (Å²) >= 11 is 1.77. The molecule has 0 bridgehead atoms. The molecular weight excluding hydrogens is 342 g/mol. The Bertz CT molecular complexity index is 651. The third kappa shape index (κ3) is 3.31. The fourth-order valence-electron chi connectivity index (χ4n) is 4.51. The van der Waals surface area contributed by atoms with Crippen LogP contribution in [0.15, 0.2) is 18.2 Å². The van der Waals surface area contributed by atoms with E-state index >= 15 is 0 Å². The minimum Gasteiger partial charge on any atom is -0.341 e. The van der Waals surface area contributed by atoms with E-state index in [1.165, 1.54) is 18.2 Å². The van der Waals surface area contributed by atoms with Gasteiger partial charge in [0.2, 0.25) is 5.91 Å². The summed E-state index contributed by atoms with van der Waals surface area (Å²) in [5, 5.41) is 0.138. The van der Waals surface area contributed by atoms with Crippen molar-refractivity contribution in [1.29, 1.82) is 0 Å². The molecule has 1 amide bonds. The van der Waals surface area contributed by atoms with Crippen molar-refractivity contribution in [3.63, 3.8) is 0 Å². The quantitative estimate of drug-likeness (QED) is 0.894. The summed E-state index contributed by atoms with van der Waals surface area (Å²) in [6.07, 6.45) is 3.56. The molecule has 1 aromatic rings. The van der Waals surface area contributed by atoms with Crippen molar-refractivity contribution < 1.29 is 13.6 Å². The van der Waals surface area contributed by atoms with E-state index in [1.807, 2.05) is 4.90 Å². The predicted octanol–water partition coefficient (Wildman–Crippen LogP) is 3.14. The van der Waals surface area contributed by atoms with Crippen LogP contribution >= 0.6 is 11.8 Å². The summed E-state index contributed by atoms with van der Waals surface area (Å²) < 4.78 is 28.4. The van der Waals surface area contributed by atoms with Gasteiger partial charge >= 0.3 is 0 Å². The lowest BCUT2D eigenvalue weighted by molar-refractivity contribution is -0.134. The van der Waals surface area contributed by atoms with Crippen LogP contribution in [0.3, 0.4) is 0 Å². The molecule has 5 atom stereocenters. The molecule has 25 heavy (non-hydrogen) atoms. The van der Waals surface area contributed by atoms with Crippen LogP contribution in [0.5, 0.6) is 0 Å². The van der Waals surface area contributed by atoms with E-state index in [0.29, 0.717) is 6.54 Å². The van der Waals surface area contributed by atoms with Crippen molar-refractivity contribution in [3.8, 4) is 0 Å². The molecule has 0 radical (unpaired) electrons. The van der Waals surface area contributed by atoms with Gasteiger partial charge in [0.1, 0.15) is 11.6 Å². The molecule has 4 rings (SSSR count). The van der Waals surface area contributed by atoms with Crippen molar-refractivity contribution in [2.45, 2.75) is 42.9 Å². The molecule has 6 heteroatoms. The normalized spacial score (nSPS) is 35.0. The second-order valence-corrected chi connectivity index (χ2v) is 8.84. The van der Waals surface area contributed by atoms with Crippen LogP contribution < -0.4 is 5.73 Å². The fourth-order valence-corrected chi connectivity index (χ4v) is 6.23. The van der Waals surface area contributed by atoms with E-state index in [2.05, 4.69) is 0 Å². The largest absolute Gasteiger partial charge is 0.341 e. The molecule has 2 saturated heterocycles. The molecular formula is C19H24F2N2OS. The van der Waals surface area contributed by atoms with Crippen LogP contribution in [0.4, 0.5) is 8.78 Å². The smallest absolute Gasteiger partial charge is 0.226 e. The molecule has 3 fully saturated rings. The number of piperidine rings is 1. The van der Waals surface area contributed by atoms with Gasteiger partial charge in [-0.15, -0.1) is 0 Å². The summed E-state index contributed by atoms with van der Waals surface area (Å²) in [6, 6.07) is 4.16. The monoisotopic (exact) mass is 366 g/mol. The summed E-state index contributed by atoms with van der Waals surface area (Å²) in [5.41, 5.74) is 6.21. The number of benzene rings is 1. The third-order valence-electron chi connectivity index (χ3n) is 5.85. The van der Waals surface area contributed by atoms with E-state index < -0.39 is 11.6 Å². The molecule has 2 N–H and O–H groups in total. The van der Waals surface area contributed by atoms with E-state index in [9.17, 15) is 13.6 Å². The first kappa shape index (κ1) is 17.3. The van der Waals surface area contributed by atoms with Gasteiger partial charge in [-0.1, -0.05) is 6.07 Å². The van der Waals surface area contributed by atoms with E-state index in [0.717, 1.165) is 38.0 Å². The van der Waals surface area contributed by atoms with E-state index in [1.54, 1.807) is 11.8 Å². The highest BCUT2D eigenvalue weighted by atomic mass is 32.2. The number of thioether (sulfide) groups is 1. The Balaban J connectivity index is 1.46. The topological polar surface area (TPSA) is 46.3 Å². The number of amides is 1. The predicted molar refractivity (Wildman–Crippen MR) is 95.3 cm³/mol. The zero-order valence-electron chi connectivity index (χ0n) is 14.2. The van der Waals surface area contributed by atoms with Crippen molar-refractivity contribution in [1.82, 2.24) is 4.90 Å². The highest BCUT2D eigenvalue weighted by molar-refractivity contribution is 8.00. The first-order chi connectivity index (χ1) is 12.1. The number of carbonyl (C=O) groups excluding carboxylic acids is 1. The maximum atomic E-state index is 14.2. The lowest BCUT2D eigenvalue weighted by Crippen LogP contribution is -2.46. The second-order valence-electron chi connectivity index (χ2n) is 7.56. The zero-order chi connectivity index (χ0) is 17.6. The molecule has 3 nitrogen and oxygen atoms in total. The molecule has 136 valence electrons. The van der Waals surface area contributed by atoms with E-state index in [4.69, 9.17) is 5.73 Å². The van der Waals surface area contributed by atoms with Crippen LogP contribution in [0.25, 0.3) is 0 Å². The van der Waals surface area contributed by atoms with Crippen molar-refractivity contribution >= 4 is 17.7 Å². The Morgan fingerprint density at radius 1 is 1.24 bits per heavy atom. The van der Waals surface area contributed by atoms with Gasteiger partial charge < -0.3 is 10.6 Å². The summed E-state index contributed by atoms with van der Waals surface area (Å²) in [7, 11) is 0. The molecule has 1 aliphatic carbocycles. The Kier molecular flexibility index (Phi) is 4.75. The minimum absolute atomic E-state index is 0.0123. The lowest BCUT2D eigenvalue weighted by atomic mass is 9.89. The Morgan fingerprint density at radius 2 is 2.00 bits per heavy atom. The molecule has 5 unspecified atom stereocenters. The van der Waals surface area contributed by atoms with Gasteiger partial charge in [-0.2, -0.15) is 11.8 Å². The SMILES string of the molecule is NC1CCCN(C(=O)C2CC2C2SCCC2c2c(F)cccc2F)C1. The minimum atomic E-state index is -0.456. The first-order valence-corrected chi connectivity index (χ1v) is 10.2. The second kappa shape index (κ2) is 6.88. The standard InChI is InChI=1S/C19H24F2N2OS/c20-15-4-1-5-16(21)17(15)12-6-8-25-18(12)13-9-14(13)19(24)23-7-2-3-11(22)10-23/h1,4-5,11-14,18H,2-3,6-10,22H2. The molecule has 0 aromatic heterocycles. The van der Waals surface area contributed by atoms with Crippen LogP contribution in [0.1, 0.15) is 37.2 Å². The number of hydrogen-bond acceptors (Lipinski definition) is 3. The van der Waals surface area contributed by atoms with Crippen LogP contribution in [-0.2, 0) is 4.79 Å². The number of rotatable bonds is 3. The fraction of sp³-hybridized carbons (Fsp3) is 0.632. The van der Waals surface area contributed by atoms with Gasteiger partial charge in [-0.3, -0.25) is 4.79 Å². The number of halogens is 2. The molecule has 1 aromatic carbocycles. The first-order valence-electron chi connectivity index (χ1n) is 9.16. The van der Waals surface area contributed by atoms with Gasteiger partial charge in [0, 0.05) is 41.8 Å². The number of nitrogens with zero attached hydrogens (tertiary/aromatic N) is 1. The van der Waals surface area contributed by atoms with Crippen LogP contribution in [-0.4, -0.2) is 40.9 Å². The van der Waals surface area contributed by atoms with Gasteiger partial charge in [0.05, 0.1) is 0 Å². The van der Waals surface area contributed by atoms with Gasteiger partial charge in [0.15, 0.2) is 0 Å². The molecule has 2 heterocycles. The highest BCUT2D eigenvalue weighted by Crippen LogP contribution is 2.55. The summed E-state index contributed by atoms with van der Waals surface area (Å²) in [5.74, 6) is 0.305. The average molecular weight is 366 g/mol. The van der Waals surface area contributed by atoms with E-state index in [-0.39, 0.29) is 40.5 Å². The summed E-state index contributed by atoms with van der Waals surface area (Å²) in [4.78, 5) is 14.7. The van der Waals surface area contributed by atoms with Crippen molar-refractivity contribution in [2.24, 2.45) is 17.6 Å². The number of carbonyl (C=O) groups is 1. The van der Waals surface area contributed by atoms with Gasteiger partial charge in [-0.25, -0.2) is 8.78 Å². The highest BCUT2D eigenvalue weighted by Gasteiger charge is 2.53. The molecule has 2 aliphatic heterocycles. The Labute approximate surface area is 151 Å². The summed E-state index contributed by atoms with van der Waals surface area (Å²) in [6.45, 7) is 1.43. The van der Waals surface area contributed by atoms with Gasteiger partial charge in [-0.05, 0) is 49.5 Å². The molecule has 3 aliphatic rings. The van der Waals surface area contributed by atoms with Gasteiger partial charge in [0.25, 0.3) is 0 Å². The number of nitrogens with two attached hydrogens (primary N) is 1. The van der Waals surface area contributed by atoms with Crippen LogP contribution in [0.2, 0.25) is 0 Å². The Morgan fingerprint density at radius 3 is 2.72 bits per heavy atom. The van der Waals surface area contributed by atoms with Crippen molar-refractivity contribution in [3.05, 3.63) is 35.4 Å². The number of likely N-dealkylation sites (tertiary alicyclic amines) is 1. The Hall–Kier alpha value is -1.14. The van der Waals surface area contributed by atoms with Crippen molar-refractivity contribution in [2.75, 3.05) is 18.8 Å².